The maximum absolute atomic E-state index is 12.3. The summed E-state index contributed by atoms with van der Waals surface area (Å²) >= 11 is 0. The first-order valence-electron chi connectivity index (χ1n) is 7.91. The number of nitrogens with zero attached hydrogens (tertiary/aromatic N) is 2. The molecule has 3 N–H and O–H groups in total. The van der Waals surface area contributed by atoms with Gasteiger partial charge in [-0.3, -0.25) is 4.79 Å². The molecule has 4 aromatic rings. The van der Waals surface area contributed by atoms with Crippen molar-refractivity contribution in [3.05, 3.63) is 66.4 Å². The van der Waals surface area contributed by atoms with Crippen LogP contribution in [0.25, 0.3) is 23.1 Å². The molecule has 8 nitrogen and oxygen atoms in total. The van der Waals surface area contributed by atoms with E-state index in [0.717, 1.165) is 0 Å². The lowest BCUT2D eigenvalue weighted by molar-refractivity contribution is 0.102. The minimum absolute atomic E-state index is 0.202. The molecule has 0 atom stereocenters. The van der Waals surface area contributed by atoms with E-state index in [4.69, 9.17) is 8.83 Å². The fourth-order valence-corrected chi connectivity index (χ4v) is 2.44. The predicted molar refractivity (Wildman–Crippen MR) is 95.2 cm³/mol. The van der Waals surface area contributed by atoms with Gasteiger partial charge in [-0.25, -0.2) is 0 Å². The summed E-state index contributed by atoms with van der Waals surface area (Å²) in [6, 6.07) is 14.1. The number of phenols is 2. The molecule has 8 heteroatoms. The highest BCUT2D eigenvalue weighted by molar-refractivity contribution is 6.04. The first kappa shape index (κ1) is 16.4. The van der Waals surface area contributed by atoms with E-state index in [1.165, 1.54) is 24.5 Å². The number of furan rings is 1. The van der Waals surface area contributed by atoms with Crippen LogP contribution in [0.5, 0.6) is 11.5 Å². The van der Waals surface area contributed by atoms with Crippen LogP contribution in [0.15, 0.2) is 69.7 Å². The summed E-state index contributed by atoms with van der Waals surface area (Å²) in [5, 5.41) is 29.5. The second-order valence-electron chi connectivity index (χ2n) is 5.63. The Bertz CT molecular complexity index is 1100. The maximum Gasteiger partial charge on any atom is 0.283 e. The van der Waals surface area contributed by atoms with Gasteiger partial charge in [0.15, 0.2) is 17.3 Å². The van der Waals surface area contributed by atoms with E-state index in [-0.39, 0.29) is 28.8 Å². The molecule has 2 aromatic heterocycles. The molecule has 0 bridgehead atoms. The Kier molecular flexibility index (Phi) is 4.06. The highest BCUT2D eigenvalue weighted by Gasteiger charge is 2.14. The third-order valence-corrected chi connectivity index (χ3v) is 3.76. The van der Waals surface area contributed by atoms with Crippen LogP contribution in [0.1, 0.15) is 10.4 Å². The first-order chi connectivity index (χ1) is 13.1. The zero-order valence-corrected chi connectivity index (χ0v) is 13.8. The van der Waals surface area contributed by atoms with Crippen LogP contribution >= 0.6 is 0 Å². The Morgan fingerprint density at radius 1 is 0.926 bits per heavy atom. The number of phenolic OH excluding ortho intramolecular Hbond substituents is 2. The number of carbonyl (C=O) groups is 1. The number of rotatable bonds is 4. The Labute approximate surface area is 152 Å². The SMILES string of the molecule is O=C(Nc1cccc(-c2nnc(-c3ccco3)o2)c1)c1ccc(O)c(O)c1. The number of hydrogen-bond acceptors (Lipinski definition) is 7. The van der Waals surface area contributed by atoms with Crippen molar-refractivity contribution in [2.75, 3.05) is 5.32 Å². The van der Waals surface area contributed by atoms with E-state index in [0.29, 0.717) is 17.0 Å². The van der Waals surface area contributed by atoms with Gasteiger partial charge in [0.05, 0.1) is 6.26 Å². The second kappa shape index (κ2) is 6.68. The number of aromatic hydroxyl groups is 2. The summed E-state index contributed by atoms with van der Waals surface area (Å²) in [6.45, 7) is 0. The van der Waals surface area contributed by atoms with Crippen LogP contribution in [0.3, 0.4) is 0 Å². The molecule has 0 aliphatic rings. The second-order valence-corrected chi connectivity index (χ2v) is 5.63. The Morgan fingerprint density at radius 2 is 1.78 bits per heavy atom. The van der Waals surface area contributed by atoms with E-state index in [9.17, 15) is 15.0 Å². The summed E-state index contributed by atoms with van der Waals surface area (Å²) in [7, 11) is 0. The Hall–Kier alpha value is -4.07. The molecule has 0 saturated carbocycles. The third-order valence-electron chi connectivity index (χ3n) is 3.76. The number of anilines is 1. The Morgan fingerprint density at radius 3 is 2.56 bits per heavy atom. The van der Waals surface area contributed by atoms with Gasteiger partial charge >= 0.3 is 0 Å². The molecule has 4 rings (SSSR count). The highest BCUT2D eigenvalue weighted by Crippen LogP contribution is 2.27. The van der Waals surface area contributed by atoms with Gasteiger partial charge in [0.1, 0.15) is 0 Å². The number of nitrogens with one attached hydrogen (secondary N) is 1. The topological polar surface area (TPSA) is 122 Å². The Balaban J connectivity index is 1.56. The molecule has 27 heavy (non-hydrogen) atoms. The van der Waals surface area contributed by atoms with Gasteiger partial charge in [-0.15, -0.1) is 10.2 Å². The molecule has 134 valence electrons. The third kappa shape index (κ3) is 3.36. The van der Waals surface area contributed by atoms with Gasteiger partial charge in [0.25, 0.3) is 11.8 Å². The molecule has 0 aliphatic carbocycles. The number of carbonyl (C=O) groups excluding carboxylic acids is 1. The van der Waals surface area contributed by atoms with Gasteiger partial charge < -0.3 is 24.4 Å². The van der Waals surface area contributed by atoms with Crippen molar-refractivity contribution >= 4 is 11.6 Å². The lowest BCUT2D eigenvalue weighted by atomic mass is 10.1. The van der Waals surface area contributed by atoms with Crippen molar-refractivity contribution in [3.8, 4) is 34.6 Å². The first-order valence-corrected chi connectivity index (χ1v) is 7.91. The van der Waals surface area contributed by atoms with E-state index in [1.807, 2.05) is 0 Å². The molecule has 1 amide bonds. The van der Waals surface area contributed by atoms with Gasteiger partial charge in [-0.1, -0.05) is 6.07 Å². The molecule has 0 fully saturated rings. The summed E-state index contributed by atoms with van der Waals surface area (Å²) in [4.78, 5) is 12.3. The van der Waals surface area contributed by atoms with Crippen LogP contribution < -0.4 is 5.32 Å². The highest BCUT2D eigenvalue weighted by atomic mass is 16.4. The molecule has 0 saturated heterocycles. The predicted octanol–water partition coefficient (Wildman–Crippen LogP) is 3.66. The van der Waals surface area contributed by atoms with Crippen molar-refractivity contribution < 1.29 is 23.8 Å². The molecule has 0 aliphatic heterocycles. The number of amides is 1. The van der Waals surface area contributed by atoms with E-state index >= 15 is 0 Å². The zero-order valence-electron chi connectivity index (χ0n) is 13.8. The fourth-order valence-electron chi connectivity index (χ4n) is 2.44. The van der Waals surface area contributed by atoms with Crippen LogP contribution in [0.4, 0.5) is 5.69 Å². The van der Waals surface area contributed by atoms with Crippen molar-refractivity contribution in [1.82, 2.24) is 10.2 Å². The summed E-state index contributed by atoms with van der Waals surface area (Å²) in [6.07, 6.45) is 1.51. The number of aromatic nitrogens is 2. The number of hydrogen-bond donors (Lipinski definition) is 3. The van der Waals surface area contributed by atoms with E-state index < -0.39 is 5.91 Å². The fraction of sp³-hybridized carbons (Fsp3) is 0. The van der Waals surface area contributed by atoms with Crippen molar-refractivity contribution in [2.45, 2.75) is 0 Å². The zero-order chi connectivity index (χ0) is 18.8. The lowest BCUT2D eigenvalue weighted by Crippen LogP contribution is -2.11. The largest absolute Gasteiger partial charge is 0.504 e. The van der Waals surface area contributed by atoms with Gasteiger partial charge in [0, 0.05) is 16.8 Å². The molecule has 0 spiro atoms. The normalized spacial score (nSPS) is 10.7. The summed E-state index contributed by atoms with van der Waals surface area (Å²) < 4.78 is 10.8. The standard InChI is InChI=1S/C19H13N3O5/c23-14-7-6-11(10-15(14)24)17(25)20-13-4-1-3-12(9-13)18-21-22-19(27-18)16-5-2-8-26-16/h1-10,23-24H,(H,20,25). The van der Waals surface area contributed by atoms with Crippen molar-refractivity contribution in [1.29, 1.82) is 0 Å². The van der Waals surface area contributed by atoms with Crippen LogP contribution in [0.2, 0.25) is 0 Å². The van der Waals surface area contributed by atoms with Gasteiger partial charge in [0.2, 0.25) is 5.89 Å². The summed E-state index contributed by atoms with van der Waals surface area (Å²) in [5.74, 6) is -0.108. The molecule has 2 heterocycles. The maximum atomic E-state index is 12.3. The van der Waals surface area contributed by atoms with E-state index in [2.05, 4.69) is 15.5 Å². The number of benzene rings is 2. The average Bonchev–Trinajstić information content (AvgIpc) is 3.35. The van der Waals surface area contributed by atoms with E-state index in [1.54, 1.807) is 36.4 Å². The molecule has 2 aromatic carbocycles. The van der Waals surface area contributed by atoms with Crippen LogP contribution in [-0.2, 0) is 0 Å². The molecule has 0 radical (unpaired) electrons. The van der Waals surface area contributed by atoms with Crippen molar-refractivity contribution in [3.63, 3.8) is 0 Å². The van der Waals surface area contributed by atoms with Gasteiger partial charge in [-0.05, 0) is 48.5 Å². The quantitative estimate of drug-likeness (QED) is 0.473. The minimum Gasteiger partial charge on any atom is -0.504 e. The molecular formula is C19H13N3O5. The van der Waals surface area contributed by atoms with Gasteiger partial charge in [-0.2, -0.15) is 0 Å². The lowest BCUT2D eigenvalue weighted by Gasteiger charge is -2.07. The van der Waals surface area contributed by atoms with Crippen LogP contribution in [0, 0.1) is 0 Å². The minimum atomic E-state index is -0.441. The van der Waals surface area contributed by atoms with Crippen LogP contribution in [-0.4, -0.2) is 26.3 Å². The van der Waals surface area contributed by atoms with Crippen molar-refractivity contribution in [2.24, 2.45) is 0 Å². The molecular weight excluding hydrogens is 350 g/mol. The monoisotopic (exact) mass is 363 g/mol. The molecule has 0 unspecified atom stereocenters. The average molecular weight is 363 g/mol. The smallest absolute Gasteiger partial charge is 0.283 e. The summed E-state index contributed by atoms with van der Waals surface area (Å²) in [5.41, 5.74) is 1.32.